The van der Waals surface area contributed by atoms with Crippen LogP contribution in [-0.4, -0.2) is 29.4 Å². The number of hydrogen-bond donors (Lipinski definition) is 2. The van der Waals surface area contributed by atoms with Crippen LogP contribution in [0, 0.1) is 12.8 Å². The van der Waals surface area contributed by atoms with Crippen molar-refractivity contribution in [2.24, 2.45) is 5.92 Å². The maximum Gasteiger partial charge on any atom is 0.251 e. The largest absolute Gasteiger partial charge is 0.354 e. The summed E-state index contributed by atoms with van der Waals surface area (Å²) < 4.78 is 0. The van der Waals surface area contributed by atoms with Crippen LogP contribution in [0.15, 0.2) is 42.6 Å². The van der Waals surface area contributed by atoms with Crippen LogP contribution in [0.3, 0.4) is 0 Å². The molecule has 31 heavy (non-hydrogen) atoms. The van der Waals surface area contributed by atoms with Crippen molar-refractivity contribution < 1.29 is 9.59 Å². The third-order valence-electron chi connectivity index (χ3n) is 6.31. The molecule has 1 saturated carbocycles. The number of carbonyl (C=O) groups is 2. The topological polar surface area (TPSA) is 71.1 Å². The molecule has 0 aliphatic heterocycles. The van der Waals surface area contributed by atoms with Crippen LogP contribution < -0.4 is 10.6 Å². The first-order valence-corrected chi connectivity index (χ1v) is 11.6. The summed E-state index contributed by atoms with van der Waals surface area (Å²) >= 11 is 0. The zero-order valence-electron chi connectivity index (χ0n) is 18.8. The smallest absolute Gasteiger partial charge is 0.251 e. The van der Waals surface area contributed by atoms with E-state index < -0.39 is 6.04 Å². The fourth-order valence-corrected chi connectivity index (χ4v) is 4.41. The maximum absolute atomic E-state index is 13.0. The summed E-state index contributed by atoms with van der Waals surface area (Å²) in [7, 11) is 0. The van der Waals surface area contributed by atoms with Gasteiger partial charge in [-0.05, 0) is 61.1 Å². The summed E-state index contributed by atoms with van der Waals surface area (Å²) in [4.78, 5) is 30.3. The molecule has 1 aliphatic rings. The van der Waals surface area contributed by atoms with Crippen molar-refractivity contribution >= 4 is 11.8 Å². The summed E-state index contributed by atoms with van der Waals surface area (Å²) in [6.45, 7) is 4.66. The molecule has 166 valence electrons. The van der Waals surface area contributed by atoms with Crippen molar-refractivity contribution in [3.8, 4) is 0 Å². The fourth-order valence-electron chi connectivity index (χ4n) is 4.41. The SMILES string of the molecule is CCc1cc(C(=O)NC(CC2CCCCC2)C(=O)NCCc2ccccn2)ccc1C. The van der Waals surface area contributed by atoms with Crippen LogP contribution in [0.4, 0.5) is 0 Å². The van der Waals surface area contributed by atoms with Gasteiger partial charge in [0, 0.05) is 30.4 Å². The fraction of sp³-hybridized carbons (Fsp3) is 0.500. The second-order valence-corrected chi connectivity index (χ2v) is 8.62. The van der Waals surface area contributed by atoms with Gasteiger partial charge in [-0.3, -0.25) is 14.6 Å². The molecule has 1 aromatic heterocycles. The average molecular weight is 422 g/mol. The Morgan fingerprint density at radius 1 is 1.13 bits per heavy atom. The highest BCUT2D eigenvalue weighted by molar-refractivity contribution is 5.97. The first kappa shape index (κ1) is 23.0. The highest BCUT2D eigenvalue weighted by atomic mass is 16.2. The molecule has 0 bridgehead atoms. The molecule has 1 aliphatic carbocycles. The number of aryl methyl sites for hydroxylation is 2. The van der Waals surface area contributed by atoms with Gasteiger partial charge in [0.2, 0.25) is 5.91 Å². The number of rotatable bonds is 9. The van der Waals surface area contributed by atoms with Gasteiger partial charge in [0.1, 0.15) is 6.04 Å². The average Bonchev–Trinajstić information content (AvgIpc) is 2.80. The Morgan fingerprint density at radius 3 is 2.65 bits per heavy atom. The first-order valence-electron chi connectivity index (χ1n) is 11.6. The Morgan fingerprint density at radius 2 is 1.94 bits per heavy atom. The lowest BCUT2D eigenvalue weighted by molar-refractivity contribution is -0.123. The second-order valence-electron chi connectivity index (χ2n) is 8.62. The predicted molar refractivity (Wildman–Crippen MR) is 124 cm³/mol. The van der Waals surface area contributed by atoms with E-state index in [0.29, 0.717) is 30.9 Å². The van der Waals surface area contributed by atoms with Crippen LogP contribution in [0.25, 0.3) is 0 Å². The Hall–Kier alpha value is -2.69. The van der Waals surface area contributed by atoms with Crippen LogP contribution >= 0.6 is 0 Å². The minimum absolute atomic E-state index is 0.0994. The predicted octanol–water partition coefficient (Wildman–Crippen LogP) is 4.38. The molecule has 1 unspecified atom stereocenters. The molecule has 1 atom stereocenters. The molecular weight excluding hydrogens is 386 g/mol. The van der Waals surface area contributed by atoms with Crippen LogP contribution in [0.2, 0.25) is 0 Å². The van der Waals surface area contributed by atoms with E-state index in [9.17, 15) is 9.59 Å². The zero-order valence-corrected chi connectivity index (χ0v) is 18.8. The zero-order chi connectivity index (χ0) is 22.1. The molecule has 3 rings (SSSR count). The number of amides is 2. The molecule has 1 fully saturated rings. The van der Waals surface area contributed by atoms with Crippen molar-refractivity contribution in [1.82, 2.24) is 15.6 Å². The number of nitrogens with one attached hydrogen (secondary N) is 2. The normalized spacial score (nSPS) is 15.3. The third-order valence-corrected chi connectivity index (χ3v) is 6.31. The molecule has 0 radical (unpaired) electrons. The van der Waals surface area contributed by atoms with Gasteiger partial charge in [0.15, 0.2) is 0 Å². The summed E-state index contributed by atoms with van der Waals surface area (Å²) in [5.41, 5.74) is 3.92. The Balaban J connectivity index is 1.64. The molecule has 2 aromatic rings. The molecular formula is C26H35N3O2. The van der Waals surface area contributed by atoms with Gasteiger partial charge in [-0.15, -0.1) is 0 Å². The summed E-state index contributed by atoms with van der Waals surface area (Å²) in [5.74, 6) is 0.220. The summed E-state index contributed by atoms with van der Waals surface area (Å²) in [6.07, 6.45) is 9.99. The minimum Gasteiger partial charge on any atom is -0.354 e. The van der Waals surface area contributed by atoms with E-state index in [1.807, 2.05) is 36.4 Å². The van der Waals surface area contributed by atoms with E-state index in [4.69, 9.17) is 0 Å². The number of nitrogens with zero attached hydrogens (tertiary/aromatic N) is 1. The molecule has 1 aromatic carbocycles. The van der Waals surface area contributed by atoms with Crippen LogP contribution in [-0.2, 0) is 17.6 Å². The standard InChI is InChI=1S/C26H35N3O2/c1-3-21-18-22(13-12-19(21)2)25(30)29-24(17-20-9-5-4-6-10-20)26(31)28-16-14-23-11-7-8-15-27-23/h7-8,11-13,15,18,20,24H,3-6,9-10,14,16-17H2,1-2H3,(H,28,31)(H,29,30). The van der Waals surface area contributed by atoms with Gasteiger partial charge in [0.05, 0.1) is 0 Å². The monoisotopic (exact) mass is 421 g/mol. The van der Waals surface area contributed by atoms with E-state index in [2.05, 4.69) is 29.5 Å². The van der Waals surface area contributed by atoms with Gasteiger partial charge < -0.3 is 10.6 Å². The van der Waals surface area contributed by atoms with E-state index in [0.717, 1.165) is 30.5 Å². The van der Waals surface area contributed by atoms with Gasteiger partial charge in [0.25, 0.3) is 5.91 Å². The lowest BCUT2D eigenvalue weighted by Gasteiger charge is -2.26. The van der Waals surface area contributed by atoms with E-state index >= 15 is 0 Å². The summed E-state index contributed by atoms with van der Waals surface area (Å²) in [6, 6.07) is 11.1. The Bertz CT molecular complexity index is 860. The Labute approximate surface area is 186 Å². The maximum atomic E-state index is 13.0. The number of carbonyl (C=O) groups excluding carboxylic acids is 2. The highest BCUT2D eigenvalue weighted by Gasteiger charge is 2.26. The number of hydrogen-bond acceptors (Lipinski definition) is 3. The summed E-state index contributed by atoms with van der Waals surface area (Å²) in [5, 5.41) is 6.05. The minimum atomic E-state index is -0.509. The van der Waals surface area contributed by atoms with E-state index in [-0.39, 0.29) is 11.8 Å². The van der Waals surface area contributed by atoms with Gasteiger partial charge >= 0.3 is 0 Å². The molecule has 5 nitrogen and oxygen atoms in total. The third kappa shape index (κ3) is 6.91. The highest BCUT2D eigenvalue weighted by Crippen LogP contribution is 2.27. The quantitative estimate of drug-likeness (QED) is 0.631. The van der Waals surface area contributed by atoms with Crippen molar-refractivity contribution in [3.63, 3.8) is 0 Å². The number of pyridine rings is 1. The molecule has 0 spiro atoms. The van der Waals surface area contributed by atoms with E-state index in [1.165, 1.54) is 24.8 Å². The van der Waals surface area contributed by atoms with E-state index in [1.54, 1.807) is 6.20 Å². The van der Waals surface area contributed by atoms with Crippen molar-refractivity contribution in [2.45, 2.75) is 71.3 Å². The lowest BCUT2D eigenvalue weighted by atomic mass is 9.84. The molecule has 2 amide bonds. The molecule has 0 saturated heterocycles. The van der Waals surface area contributed by atoms with Crippen molar-refractivity contribution in [3.05, 3.63) is 65.0 Å². The molecule has 5 heteroatoms. The number of benzene rings is 1. The van der Waals surface area contributed by atoms with Gasteiger partial charge in [-0.25, -0.2) is 0 Å². The Kier molecular flexibility index (Phi) is 8.63. The number of aromatic nitrogens is 1. The van der Waals surface area contributed by atoms with Crippen LogP contribution in [0.1, 0.15) is 72.6 Å². The lowest BCUT2D eigenvalue weighted by Crippen LogP contribution is -2.48. The van der Waals surface area contributed by atoms with Crippen molar-refractivity contribution in [1.29, 1.82) is 0 Å². The molecule has 2 N–H and O–H groups in total. The van der Waals surface area contributed by atoms with Gasteiger partial charge in [-0.2, -0.15) is 0 Å². The first-order chi connectivity index (χ1) is 15.1. The van der Waals surface area contributed by atoms with Gasteiger partial charge in [-0.1, -0.05) is 51.2 Å². The molecule has 1 heterocycles. The second kappa shape index (κ2) is 11.6. The van der Waals surface area contributed by atoms with Crippen molar-refractivity contribution in [2.75, 3.05) is 6.54 Å². The van der Waals surface area contributed by atoms with Crippen LogP contribution in [0.5, 0.6) is 0 Å².